The van der Waals surface area contributed by atoms with E-state index in [9.17, 15) is 9.18 Å². The van der Waals surface area contributed by atoms with Crippen molar-refractivity contribution in [1.82, 2.24) is 15.5 Å². The van der Waals surface area contributed by atoms with E-state index >= 15 is 0 Å². The van der Waals surface area contributed by atoms with E-state index in [1.54, 1.807) is 6.07 Å². The third kappa shape index (κ3) is 5.67. The number of ether oxygens (including phenoxy) is 1. The molecule has 5 nitrogen and oxygen atoms in total. The lowest BCUT2D eigenvalue weighted by atomic mass is 10.0. The average Bonchev–Trinajstić information content (AvgIpc) is 2.55. The number of nitrogens with one attached hydrogen (secondary N) is 2. The topological polar surface area (TPSA) is 53.6 Å². The van der Waals surface area contributed by atoms with Gasteiger partial charge in [-0.05, 0) is 36.5 Å². The van der Waals surface area contributed by atoms with Gasteiger partial charge < -0.3 is 15.4 Å². The van der Waals surface area contributed by atoms with E-state index in [0.29, 0.717) is 19.0 Å². The fourth-order valence-corrected chi connectivity index (χ4v) is 2.84. The van der Waals surface area contributed by atoms with Gasteiger partial charge in [0.1, 0.15) is 0 Å². The van der Waals surface area contributed by atoms with Gasteiger partial charge in [-0.2, -0.15) is 0 Å². The number of piperidine rings is 1. The first-order valence-corrected chi connectivity index (χ1v) is 8.57. The highest BCUT2D eigenvalue weighted by molar-refractivity contribution is 5.74. The van der Waals surface area contributed by atoms with E-state index in [-0.39, 0.29) is 23.6 Å². The van der Waals surface area contributed by atoms with Gasteiger partial charge in [-0.15, -0.1) is 0 Å². The van der Waals surface area contributed by atoms with Gasteiger partial charge in [0.2, 0.25) is 0 Å². The van der Waals surface area contributed by atoms with E-state index < -0.39 is 0 Å². The number of urea groups is 1. The van der Waals surface area contributed by atoms with Crippen molar-refractivity contribution in [3.05, 3.63) is 29.6 Å². The zero-order valence-corrected chi connectivity index (χ0v) is 14.8. The van der Waals surface area contributed by atoms with Crippen LogP contribution in [0.15, 0.2) is 18.2 Å². The standard InChI is InChI=1S/C18H28FN3O2/c1-13(2)11-20-18(23)21-15-6-8-22(9-7-15)12-14-4-5-17(24-3)16(19)10-14/h4-5,10,13,15H,6-9,11-12H2,1-3H3,(H2,20,21,23). The van der Waals surface area contributed by atoms with E-state index in [1.807, 2.05) is 6.07 Å². The first-order chi connectivity index (χ1) is 11.5. The Labute approximate surface area is 143 Å². The maximum Gasteiger partial charge on any atom is 0.315 e. The fraction of sp³-hybridized carbons (Fsp3) is 0.611. The molecule has 0 atom stereocenters. The first kappa shape index (κ1) is 18.5. The molecule has 1 aliphatic rings. The highest BCUT2D eigenvalue weighted by Gasteiger charge is 2.21. The number of methoxy groups -OCH3 is 1. The minimum Gasteiger partial charge on any atom is -0.494 e. The molecule has 2 N–H and O–H groups in total. The van der Waals surface area contributed by atoms with Gasteiger partial charge in [0.15, 0.2) is 11.6 Å². The van der Waals surface area contributed by atoms with Crippen molar-refractivity contribution in [2.24, 2.45) is 5.92 Å². The summed E-state index contributed by atoms with van der Waals surface area (Å²) in [4.78, 5) is 14.1. The van der Waals surface area contributed by atoms with Crippen molar-refractivity contribution in [1.29, 1.82) is 0 Å². The summed E-state index contributed by atoms with van der Waals surface area (Å²) >= 11 is 0. The molecule has 1 aromatic carbocycles. The summed E-state index contributed by atoms with van der Waals surface area (Å²) in [6.45, 7) is 7.33. The predicted octanol–water partition coefficient (Wildman–Crippen LogP) is 2.75. The van der Waals surface area contributed by atoms with Gasteiger partial charge in [0.05, 0.1) is 7.11 Å². The number of amides is 2. The summed E-state index contributed by atoms with van der Waals surface area (Å²) in [6.07, 6.45) is 1.82. The zero-order chi connectivity index (χ0) is 17.5. The number of carbonyl (C=O) groups is 1. The predicted molar refractivity (Wildman–Crippen MR) is 92.6 cm³/mol. The molecule has 2 amide bonds. The van der Waals surface area contributed by atoms with Crippen LogP contribution in [0.4, 0.5) is 9.18 Å². The summed E-state index contributed by atoms with van der Waals surface area (Å²) in [5.41, 5.74) is 0.939. The minimum atomic E-state index is -0.326. The van der Waals surface area contributed by atoms with Crippen LogP contribution in [0.5, 0.6) is 5.75 Å². The van der Waals surface area contributed by atoms with E-state index in [0.717, 1.165) is 31.5 Å². The summed E-state index contributed by atoms with van der Waals surface area (Å²) < 4.78 is 18.7. The van der Waals surface area contributed by atoms with Crippen LogP contribution in [-0.4, -0.2) is 43.7 Å². The summed E-state index contributed by atoms with van der Waals surface area (Å²) in [5, 5.41) is 5.91. The van der Waals surface area contributed by atoms with Gasteiger partial charge in [0, 0.05) is 32.2 Å². The van der Waals surface area contributed by atoms with Gasteiger partial charge >= 0.3 is 6.03 Å². The zero-order valence-electron chi connectivity index (χ0n) is 14.8. The van der Waals surface area contributed by atoms with Gasteiger partial charge in [-0.3, -0.25) is 4.90 Å². The molecule has 2 rings (SSSR count). The Bertz CT molecular complexity index is 543. The SMILES string of the molecule is COc1ccc(CN2CCC(NC(=O)NCC(C)C)CC2)cc1F. The molecule has 1 fully saturated rings. The lowest BCUT2D eigenvalue weighted by molar-refractivity contribution is 0.186. The van der Waals surface area contributed by atoms with Crippen molar-refractivity contribution in [3.63, 3.8) is 0 Å². The molecule has 0 saturated carbocycles. The summed E-state index contributed by atoms with van der Waals surface area (Å²) in [6, 6.07) is 5.21. The molecule has 1 saturated heterocycles. The molecule has 0 bridgehead atoms. The number of rotatable bonds is 6. The molecule has 134 valence electrons. The molecule has 1 aromatic rings. The second kappa shape index (κ2) is 8.87. The molecule has 0 aromatic heterocycles. The molecule has 6 heteroatoms. The van der Waals surface area contributed by atoms with Crippen LogP contribution < -0.4 is 15.4 Å². The Morgan fingerprint density at radius 2 is 2.08 bits per heavy atom. The van der Waals surface area contributed by atoms with E-state index in [2.05, 4.69) is 29.4 Å². The van der Waals surface area contributed by atoms with Crippen LogP contribution in [0.2, 0.25) is 0 Å². The number of nitrogens with zero attached hydrogens (tertiary/aromatic N) is 1. The highest BCUT2D eigenvalue weighted by atomic mass is 19.1. The quantitative estimate of drug-likeness (QED) is 0.839. The van der Waals surface area contributed by atoms with Crippen molar-refractivity contribution in [2.75, 3.05) is 26.7 Å². The maximum absolute atomic E-state index is 13.7. The molecule has 0 aliphatic carbocycles. The lowest BCUT2D eigenvalue weighted by Gasteiger charge is -2.32. The number of carbonyl (C=O) groups excluding carboxylic acids is 1. The molecule has 0 unspecified atom stereocenters. The lowest BCUT2D eigenvalue weighted by Crippen LogP contribution is -2.48. The summed E-state index contributed by atoms with van der Waals surface area (Å²) in [5.74, 6) is 0.393. The largest absolute Gasteiger partial charge is 0.494 e. The second-order valence-electron chi connectivity index (χ2n) is 6.77. The number of benzene rings is 1. The number of hydrogen-bond acceptors (Lipinski definition) is 3. The smallest absolute Gasteiger partial charge is 0.315 e. The Morgan fingerprint density at radius 1 is 1.38 bits per heavy atom. The number of hydrogen-bond donors (Lipinski definition) is 2. The van der Waals surface area contributed by atoms with Gasteiger partial charge in [0.25, 0.3) is 0 Å². The van der Waals surface area contributed by atoms with Crippen molar-refractivity contribution >= 4 is 6.03 Å². The molecule has 24 heavy (non-hydrogen) atoms. The van der Waals surface area contributed by atoms with Gasteiger partial charge in [-0.25, -0.2) is 9.18 Å². The third-order valence-electron chi connectivity index (χ3n) is 4.22. The van der Waals surface area contributed by atoms with Crippen LogP contribution in [0.1, 0.15) is 32.3 Å². The minimum absolute atomic E-state index is 0.0839. The van der Waals surface area contributed by atoms with Crippen molar-refractivity contribution in [2.45, 2.75) is 39.3 Å². The molecule has 0 spiro atoms. The Hall–Kier alpha value is -1.82. The van der Waals surface area contributed by atoms with E-state index in [1.165, 1.54) is 13.2 Å². The monoisotopic (exact) mass is 337 g/mol. The fourth-order valence-electron chi connectivity index (χ4n) is 2.84. The molecule has 1 aliphatic heterocycles. The second-order valence-corrected chi connectivity index (χ2v) is 6.77. The first-order valence-electron chi connectivity index (χ1n) is 8.57. The van der Waals surface area contributed by atoms with Crippen LogP contribution in [0.3, 0.4) is 0 Å². The number of likely N-dealkylation sites (tertiary alicyclic amines) is 1. The van der Waals surface area contributed by atoms with Gasteiger partial charge in [-0.1, -0.05) is 19.9 Å². The highest BCUT2D eigenvalue weighted by Crippen LogP contribution is 2.20. The average molecular weight is 337 g/mol. The van der Waals surface area contributed by atoms with Crippen LogP contribution >= 0.6 is 0 Å². The number of halogens is 1. The normalized spacial score (nSPS) is 16.2. The van der Waals surface area contributed by atoms with E-state index in [4.69, 9.17) is 4.74 Å². The Morgan fingerprint density at radius 3 is 2.67 bits per heavy atom. The molecular formula is C18H28FN3O2. The van der Waals surface area contributed by atoms with Crippen LogP contribution in [0.25, 0.3) is 0 Å². The molecule has 1 heterocycles. The van der Waals surface area contributed by atoms with Crippen molar-refractivity contribution in [3.8, 4) is 5.75 Å². The summed E-state index contributed by atoms with van der Waals surface area (Å²) in [7, 11) is 1.47. The van der Waals surface area contributed by atoms with Crippen molar-refractivity contribution < 1.29 is 13.9 Å². The Balaban J connectivity index is 1.74. The molecular weight excluding hydrogens is 309 g/mol. The Kier molecular flexibility index (Phi) is 6.85. The van der Waals surface area contributed by atoms with Crippen LogP contribution in [-0.2, 0) is 6.54 Å². The maximum atomic E-state index is 13.7. The third-order valence-corrected chi connectivity index (χ3v) is 4.22. The molecule has 0 radical (unpaired) electrons. The van der Waals surface area contributed by atoms with Crippen LogP contribution in [0, 0.1) is 11.7 Å².